The first-order chi connectivity index (χ1) is 8.56. The van der Waals surface area contributed by atoms with Crippen LogP contribution in [0.25, 0.3) is 11.3 Å². The van der Waals surface area contributed by atoms with Crippen molar-refractivity contribution in [3.8, 4) is 17.0 Å². The van der Waals surface area contributed by atoms with Crippen LogP contribution < -0.4 is 10.5 Å². The van der Waals surface area contributed by atoms with E-state index in [1.807, 2.05) is 0 Å². The van der Waals surface area contributed by atoms with Crippen LogP contribution in [-0.4, -0.2) is 17.2 Å². The highest BCUT2D eigenvalue weighted by Gasteiger charge is 2.23. The lowest BCUT2D eigenvalue weighted by atomic mass is 10.1. The number of nitrogens with two attached hydrogens (primary N) is 1. The third kappa shape index (κ3) is 1.75. The molecule has 2 N–H and O–H groups in total. The van der Waals surface area contributed by atoms with Crippen molar-refractivity contribution in [2.75, 3.05) is 12.8 Å². The summed E-state index contributed by atoms with van der Waals surface area (Å²) < 4.78 is 9.94. The van der Waals surface area contributed by atoms with Gasteiger partial charge in [0.05, 0.1) is 17.6 Å². The van der Waals surface area contributed by atoms with Gasteiger partial charge in [-0.1, -0.05) is 11.2 Å². The molecule has 1 heterocycles. The van der Waals surface area contributed by atoms with Gasteiger partial charge in [-0.25, -0.2) is 0 Å². The summed E-state index contributed by atoms with van der Waals surface area (Å²) in [6.45, 7) is 1.72. The number of hydrogen-bond acceptors (Lipinski definition) is 6. The average Bonchev–Trinajstić information content (AvgIpc) is 2.69. The highest BCUT2D eigenvalue weighted by Crippen LogP contribution is 2.39. The largest absolute Gasteiger partial charge is 0.490 e. The lowest BCUT2D eigenvalue weighted by molar-refractivity contribution is -0.385. The number of nitro benzene ring substituents is 1. The molecule has 0 atom stereocenters. The summed E-state index contributed by atoms with van der Waals surface area (Å²) in [5.41, 5.74) is 6.97. The van der Waals surface area contributed by atoms with Gasteiger partial charge in [0, 0.05) is 11.6 Å². The Morgan fingerprint density at radius 3 is 2.72 bits per heavy atom. The quantitative estimate of drug-likeness (QED) is 0.660. The highest BCUT2D eigenvalue weighted by molar-refractivity contribution is 5.76. The lowest BCUT2D eigenvalue weighted by Gasteiger charge is -2.06. The molecule has 94 valence electrons. The summed E-state index contributed by atoms with van der Waals surface area (Å²) in [5, 5.41) is 14.7. The maximum atomic E-state index is 10.9. The fourth-order valence-corrected chi connectivity index (χ4v) is 1.67. The number of ether oxygens (including phenoxy) is 1. The predicted octanol–water partition coefficient (Wildman–Crippen LogP) is 2.15. The van der Waals surface area contributed by atoms with E-state index in [4.69, 9.17) is 15.0 Å². The van der Waals surface area contributed by atoms with Gasteiger partial charge in [-0.2, -0.15) is 0 Å². The Balaban J connectivity index is 2.68. The van der Waals surface area contributed by atoms with E-state index in [1.54, 1.807) is 19.1 Å². The first-order valence-electron chi connectivity index (χ1n) is 5.09. The second-order valence-electron chi connectivity index (χ2n) is 3.64. The molecule has 0 aliphatic carbocycles. The normalized spacial score (nSPS) is 10.3. The van der Waals surface area contributed by atoms with Gasteiger partial charge in [-0.3, -0.25) is 10.1 Å². The monoisotopic (exact) mass is 249 g/mol. The minimum Gasteiger partial charge on any atom is -0.490 e. The van der Waals surface area contributed by atoms with E-state index in [9.17, 15) is 10.1 Å². The summed E-state index contributed by atoms with van der Waals surface area (Å²) in [6, 6.07) is 4.58. The number of aromatic nitrogens is 1. The van der Waals surface area contributed by atoms with Gasteiger partial charge in [-0.05, 0) is 13.0 Å². The number of anilines is 1. The molecule has 7 nitrogen and oxygen atoms in total. The van der Waals surface area contributed by atoms with Crippen molar-refractivity contribution in [3.63, 3.8) is 0 Å². The Kier molecular flexibility index (Phi) is 2.88. The Labute approximate surface area is 102 Å². The lowest BCUT2D eigenvalue weighted by Crippen LogP contribution is -1.96. The number of nitrogens with zero attached hydrogens (tertiary/aromatic N) is 2. The molecule has 1 aromatic carbocycles. The Morgan fingerprint density at radius 2 is 2.22 bits per heavy atom. The van der Waals surface area contributed by atoms with E-state index < -0.39 is 4.92 Å². The van der Waals surface area contributed by atoms with Crippen molar-refractivity contribution in [3.05, 3.63) is 33.9 Å². The van der Waals surface area contributed by atoms with Gasteiger partial charge < -0.3 is 15.0 Å². The molecule has 2 rings (SSSR count). The van der Waals surface area contributed by atoms with Gasteiger partial charge in [0.25, 0.3) is 0 Å². The van der Waals surface area contributed by atoms with Crippen LogP contribution in [0.15, 0.2) is 22.7 Å². The molecule has 0 radical (unpaired) electrons. The summed E-state index contributed by atoms with van der Waals surface area (Å²) in [5.74, 6) is 0.317. The molecule has 0 saturated carbocycles. The summed E-state index contributed by atoms with van der Waals surface area (Å²) in [7, 11) is 1.37. The van der Waals surface area contributed by atoms with Gasteiger partial charge in [-0.15, -0.1) is 0 Å². The molecule has 0 fully saturated rings. The van der Waals surface area contributed by atoms with Crippen molar-refractivity contribution in [2.45, 2.75) is 6.92 Å². The van der Waals surface area contributed by atoms with E-state index in [1.165, 1.54) is 13.2 Å². The van der Waals surface area contributed by atoms with Crippen LogP contribution in [0.1, 0.15) is 5.56 Å². The molecule has 2 aromatic rings. The highest BCUT2D eigenvalue weighted by atomic mass is 16.6. The SMILES string of the molecule is COc1c(-c2noc(N)c2C)cccc1[N+](=O)[O-]. The zero-order chi connectivity index (χ0) is 13.3. The second-order valence-corrected chi connectivity index (χ2v) is 3.64. The number of benzene rings is 1. The zero-order valence-corrected chi connectivity index (χ0v) is 9.84. The van der Waals surface area contributed by atoms with Crippen LogP contribution in [0.4, 0.5) is 11.6 Å². The average molecular weight is 249 g/mol. The van der Waals surface area contributed by atoms with Gasteiger partial charge >= 0.3 is 5.69 Å². The molecule has 0 spiro atoms. The van der Waals surface area contributed by atoms with Crippen LogP contribution in [-0.2, 0) is 0 Å². The third-order valence-corrected chi connectivity index (χ3v) is 2.61. The molecule has 1 aromatic heterocycles. The number of rotatable bonds is 3. The molecule has 0 bridgehead atoms. The maximum absolute atomic E-state index is 10.9. The van der Waals surface area contributed by atoms with E-state index in [0.717, 1.165) is 0 Å². The Hall–Kier alpha value is -2.57. The Morgan fingerprint density at radius 1 is 1.50 bits per heavy atom. The third-order valence-electron chi connectivity index (χ3n) is 2.61. The van der Waals surface area contributed by atoms with Crippen molar-refractivity contribution in [1.82, 2.24) is 5.16 Å². The first kappa shape index (κ1) is 11.9. The predicted molar refractivity (Wildman–Crippen MR) is 64.3 cm³/mol. The molecule has 7 heteroatoms. The van der Waals surface area contributed by atoms with Gasteiger partial charge in [0.15, 0.2) is 0 Å². The molecule has 0 aliphatic rings. The zero-order valence-electron chi connectivity index (χ0n) is 9.84. The van der Waals surface area contributed by atoms with Crippen LogP contribution in [0, 0.1) is 17.0 Å². The summed E-state index contributed by atoms with van der Waals surface area (Å²) in [4.78, 5) is 10.4. The fraction of sp³-hybridized carbons (Fsp3) is 0.182. The molecule has 0 aliphatic heterocycles. The molecule has 0 saturated heterocycles. The standard InChI is InChI=1S/C11H11N3O4/c1-6-9(13-18-11(6)12)7-4-3-5-8(14(15)16)10(7)17-2/h3-5H,12H2,1-2H3. The van der Waals surface area contributed by atoms with Crippen LogP contribution in [0.5, 0.6) is 5.75 Å². The number of hydrogen-bond donors (Lipinski definition) is 1. The second kappa shape index (κ2) is 4.36. The smallest absolute Gasteiger partial charge is 0.311 e. The summed E-state index contributed by atoms with van der Waals surface area (Å²) >= 11 is 0. The van der Waals surface area contributed by atoms with Crippen molar-refractivity contribution < 1.29 is 14.2 Å². The van der Waals surface area contributed by atoms with E-state index >= 15 is 0 Å². The number of nitro groups is 1. The fourth-order valence-electron chi connectivity index (χ4n) is 1.67. The van der Waals surface area contributed by atoms with E-state index in [0.29, 0.717) is 16.8 Å². The van der Waals surface area contributed by atoms with Crippen molar-refractivity contribution >= 4 is 11.6 Å². The molecule has 18 heavy (non-hydrogen) atoms. The van der Waals surface area contributed by atoms with Crippen molar-refractivity contribution in [1.29, 1.82) is 0 Å². The number of nitrogen functional groups attached to an aromatic ring is 1. The number of methoxy groups -OCH3 is 1. The van der Waals surface area contributed by atoms with Gasteiger partial charge in [0.1, 0.15) is 5.69 Å². The van der Waals surface area contributed by atoms with Gasteiger partial charge in [0.2, 0.25) is 11.6 Å². The van der Waals surface area contributed by atoms with Crippen LogP contribution in [0.2, 0.25) is 0 Å². The Bertz CT molecular complexity index is 606. The number of para-hydroxylation sites is 1. The van der Waals surface area contributed by atoms with E-state index in [-0.39, 0.29) is 17.3 Å². The van der Waals surface area contributed by atoms with Crippen LogP contribution >= 0.6 is 0 Å². The summed E-state index contributed by atoms with van der Waals surface area (Å²) in [6.07, 6.45) is 0. The topological polar surface area (TPSA) is 104 Å². The van der Waals surface area contributed by atoms with Crippen LogP contribution in [0.3, 0.4) is 0 Å². The molecular weight excluding hydrogens is 238 g/mol. The molecule has 0 amide bonds. The van der Waals surface area contributed by atoms with E-state index in [2.05, 4.69) is 5.16 Å². The maximum Gasteiger partial charge on any atom is 0.311 e. The first-order valence-corrected chi connectivity index (χ1v) is 5.09. The minimum absolute atomic E-state index is 0.129. The van der Waals surface area contributed by atoms with Crippen molar-refractivity contribution in [2.24, 2.45) is 0 Å². The minimum atomic E-state index is -0.513. The molecule has 0 unspecified atom stereocenters. The molecular formula is C11H11N3O4.